The summed E-state index contributed by atoms with van der Waals surface area (Å²) in [6, 6.07) is 11.3. The van der Waals surface area contributed by atoms with E-state index in [1.54, 1.807) is 0 Å². The summed E-state index contributed by atoms with van der Waals surface area (Å²) in [4.78, 5) is 6.72. The predicted molar refractivity (Wildman–Crippen MR) is 84.8 cm³/mol. The van der Waals surface area contributed by atoms with Gasteiger partial charge in [0.25, 0.3) is 0 Å². The molecule has 1 aliphatic rings. The van der Waals surface area contributed by atoms with Gasteiger partial charge in [-0.3, -0.25) is 4.90 Å². The molecule has 0 bridgehead atoms. The Kier molecular flexibility index (Phi) is 4.68. The van der Waals surface area contributed by atoms with Crippen LogP contribution in [0.1, 0.15) is 24.1 Å². The molecule has 0 spiro atoms. The van der Waals surface area contributed by atoms with Crippen LogP contribution in [0.5, 0.6) is 0 Å². The average molecular weight is 284 g/mol. The van der Waals surface area contributed by atoms with E-state index in [1.165, 1.54) is 30.6 Å². The topological polar surface area (TPSA) is 33.1 Å². The molecule has 2 aromatic rings. The summed E-state index contributed by atoms with van der Waals surface area (Å²) in [7, 11) is 2.05. The number of imidazole rings is 1. The summed E-state index contributed by atoms with van der Waals surface area (Å²) in [6.45, 7) is 4.30. The molecule has 0 unspecified atom stereocenters. The van der Waals surface area contributed by atoms with Crippen LogP contribution in [0.2, 0.25) is 0 Å². The second-order valence-electron chi connectivity index (χ2n) is 5.94. The Morgan fingerprint density at radius 3 is 2.90 bits per heavy atom. The number of hydrogen-bond acceptors (Lipinski definition) is 3. The van der Waals surface area contributed by atoms with Crippen molar-refractivity contribution < 1.29 is 0 Å². The third kappa shape index (κ3) is 3.93. The fourth-order valence-electron chi connectivity index (χ4n) is 3.01. The lowest BCUT2D eigenvalue weighted by Crippen LogP contribution is -2.45. The second kappa shape index (κ2) is 6.87. The number of aromatic nitrogens is 2. The van der Waals surface area contributed by atoms with E-state index in [1.807, 2.05) is 19.6 Å². The molecule has 21 heavy (non-hydrogen) atoms. The highest BCUT2D eigenvalue weighted by atomic mass is 15.2. The van der Waals surface area contributed by atoms with Crippen LogP contribution in [0.4, 0.5) is 0 Å². The highest BCUT2D eigenvalue weighted by Crippen LogP contribution is 2.14. The Morgan fingerprint density at radius 2 is 2.14 bits per heavy atom. The summed E-state index contributed by atoms with van der Waals surface area (Å²) in [6.07, 6.45) is 6.34. The summed E-state index contributed by atoms with van der Waals surface area (Å²) in [5, 5.41) is 3.68. The van der Waals surface area contributed by atoms with Crippen molar-refractivity contribution >= 4 is 0 Å². The lowest BCUT2D eigenvalue weighted by Gasteiger charge is -2.33. The summed E-state index contributed by atoms with van der Waals surface area (Å²) in [5.74, 6) is 0. The fraction of sp³-hybridized carbons (Fsp3) is 0.471. The van der Waals surface area contributed by atoms with Gasteiger partial charge in [0.2, 0.25) is 0 Å². The van der Waals surface area contributed by atoms with Crippen LogP contribution < -0.4 is 5.32 Å². The predicted octanol–water partition coefficient (Wildman–Crippen LogP) is 2.17. The minimum Gasteiger partial charge on any atom is -0.337 e. The van der Waals surface area contributed by atoms with Gasteiger partial charge in [0, 0.05) is 38.9 Å². The van der Waals surface area contributed by atoms with Gasteiger partial charge in [-0.1, -0.05) is 30.3 Å². The number of piperidine rings is 1. The lowest BCUT2D eigenvalue weighted by atomic mass is 10.0. The highest BCUT2D eigenvalue weighted by molar-refractivity contribution is 5.14. The van der Waals surface area contributed by atoms with Crippen LogP contribution in [0.3, 0.4) is 0 Å². The van der Waals surface area contributed by atoms with Gasteiger partial charge < -0.3 is 9.88 Å². The van der Waals surface area contributed by atoms with Crippen molar-refractivity contribution in [3.8, 4) is 0 Å². The first kappa shape index (κ1) is 14.3. The molecule has 1 N–H and O–H groups in total. The van der Waals surface area contributed by atoms with E-state index >= 15 is 0 Å². The zero-order valence-electron chi connectivity index (χ0n) is 12.7. The molecule has 1 aromatic carbocycles. The summed E-state index contributed by atoms with van der Waals surface area (Å²) < 4.78 is 2.08. The number of aryl methyl sites for hydroxylation is 1. The van der Waals surface area contributed by atoms with Gasteiger partial charge in [0.15, 0.2) is 0 Å². The monoisotopic (exact) mass is 284 g/mol. The molecule has 1 saturated heterocycles. The molecule has 0 radical (unpaired) electrons. The first-order valence-corrected chi connectivity index (χ1v) is 7.76. The molecule has 1 aliphatic heterocycles. The molecule has 0 saturated carbocycles. The van der Waals surface area contributed by atoms with E-state index in [2.05, 4.69) is 50.1 Å². The molecule has 3 rings (SSSR count). The minimum absolute atomic E-state index is 0.581. The van der Waals surface area contributed by atoms with E-state index in [4.69, 9.17) is 0 Å². The maximum absolute atomic E-state index is 4.17. The van der Waals surface area contributed by atoms with Gasteiger partial charge in [-0.15, -0.1) is 0 Å². The molecule has 4 nitrogen and oxygen atoms in total. The molecule has 4 heteroatoms. The summed E-state index contributed by atoms with van der Waals surface area (Å²) >= 11 is 0. The van der Waals surface area contributed by atoms with E-state index < -0.39 is 0 Å². The quantitative estimate of drug-likeness (QED) is 0.913. The number of hydrogen-bond donors (Lipinski definition) is 1. The van der Waals surface area contributed by atoms with Crippen molar-refractivity contribution in [2.24, 2.45) is 7.05 Å². The van der Waals surface area contributed by atoms with Crippen molar-refractivity contribution in [2.75, 3.05) is 13.1 Å². The van der Waals surface area contributed by atoms with Crippen LogP contribution in [0.25, 0.3) is 0 Å². The van der Waals surface area contributed by atoms with Crippen LogP contribution in [-0.4, -0.2) is 33.6 Å². The average Bonchev–Trinajstić information content (AvgIpc) is 2.92. The molecular formula is C17H24N4. The van der Waals surface area contributed by atoms with Gasteiger partial charge in [0.1, 0.15) is 0 Å². The number of rotatable bonds is 5. The smallest absolute Gasteiger partial charge is 0.0945 e. The number of likely N-dealkylation sites (tertiary alicyclic amines) is 1. The Balaban J connectivity index is 1.50. The first-order valence-electron chi connectivity index (χ1n) is 7.76. The van der Waals surface area contributed by atoms with Crippen LogP contribution in [0, 0.1) is 0 Å². The Hall–Kier alpha value is -1.65. The Bertz CT molecular complexity index is 549. The third-order valence-corrected chi connectivity index (χ3v) is 4.24. The molecule has 0 aliphatic carbocycles. The minimum atomic E-state index is 0.581. The van der Waals surface area contributed by atoms with Crippen molar-refractivity contribution in [3.63, 3.8) is 0 Å². The van der Waals surface area contributed by atoms with Crippen molar-refractivity contribution in [1.82, 2.24) is 19.8 Å². The largest absolute Gasteiger partial charge is 0.337 e. The van der Waals surface area contributed by atoms with Gasteiger partial charge >= 0.3 is 0 Å². The number of benzene rings is 1. The van der Waals surface area contributed by atoms with Gasteiger partial charge in [-0.05, 0) is 24.9 Å². The molecule has 1 fully saturated rings. The van der Waals surface area contributed by atoms with Crippen LogP contribution in [-0.2, 0) is 20.1 Å². The van der Waals surface area contributed by atoms with E-state index in [0.29, 0.717) is 6.04 Å². The normalized spacial score (nSPS) is 19.8. The molecule has 112 valence electrons. The van der Waals surface area contributed by atoms with E-state index in [9.17, 15) is 0 Å². The number of nitrogens with zero attached hydrogens (tertiary/aromatic N) is 3. The number of nitrogens with one attached hydrogen (secondary N) is 1. The van der Waals surface area contributed by atoms with Crippen molar-refractivity contribution in [2.45, 2.75) is 32.0 Å². The van der Waals surface area contributed by atoms with Gasteiger partial charge in [-0.2, -0.15) is 0 Å². The molecule has 1 atom stereocenters. The maximum Gasteiger partial charge on any atom is 0.0945 e. The van der Waals surface area contributed by atoms with Gasteiger partial charge in [-0.25, -0.2) is 4.98 Å². The standard InChI is InChI=1S/C17H24N4/c1-20-14-18-10-17(20)11-19-16-8-5-9-21(13-16)12-15-6-3-2-4-7-15/h2-4,6-7,10,14,16,19H,5,8-9,11-13H2,1H3/t16-/m0/s1. The van der Waals surface area contributed by atoms with Crippen molar-refractivity contribution in [1.29, 1.82) is 0 Å². The molecule has 2 heterocycles. The van der Waals surface area contributed by atoms with Crippen LogP contribution >= 0.6 is 0 Å². The van der Waals surface area contributed by atoms with Crippen LogP contribution in [0.15, 0.2) is 42.9 Å². The zero-order chi connectivity index (χ0) is 14.5. The zero-order valence-corrected chi connectivity index (χ0v) is 12.7. The SMILES string of the molecule is Cn1cncc1CN[C@H]1CCCN(Cc2ccccc2)C1. The molecule has 1 aromatic heterocycles. The maximum atomic E-state index is 4.17. The molecular weight excluding hydrogens is 260 g/mol. The summed E-state index contributed by atoms with van der Waals surface area (Å²) in [5.41, 5.74) is 2.65. The van der Waals surface area contributed by atoms with Crippen molar-refractivity contribution in [3.05, 3.63) is 54.1 Å². The first-order chi connectivity index (χ1) is 10.3. The fourth-order valence-corrected chi connectivity index (χ4v) is 3.01. The molecule has 0 amide bonds. The third-order valence-electron chi connectivity index (χ3n) is 4.24. The van der Waals surface area contributed by atoms with E-state index in [0.717, 1.165) is 19.6 Å². The lowest BCUT2D eigenvalue weighted by molar-refractivity contribution is 0.182. The second-order valence-corrected chi connectivity index (χ2v) is 5.94. The van der Waals surface area contributed by atoms with E-state index in [-0.39, 0.29) is 0 Å². The highest BCUT2D eigenvalue weighted by Gasteiger charge is 2.19. The Labute approximate surface area is 126 Å². The Morgan fingerprint density at radius 1 is 1.29 bits per heavy atom. The van der Waals surface area contributed by atoms with Gasteiger partial charge in [0.05, 0.1) is 12.0 Å².